The molecule has 0 rings (SSSR count). The molecule has 0 saturated carbocycles. The zero-order valence-corrected chi connectivity index (χ0v) is 57.6. The van der Waals surface area contributed by atoms with Crippen LogP contribution < -0.4 is 0 Å². The topological polar surface area (TPSA) is 72.8 Å². The third-order valence-corrected chi connectivity index (χ3v) is 14.8. The Hall–Kier alpha value is -5.78. The first-order valence-corrected chi connectivity index (χ1v) is 36.3. The minimum absolute atomic E-state index is 0.0861. The van der Waals surface area contributed by atoms with E-state index >= 15 is 0 Å². The number of carbonyl (C=O) groups is 2. The second-order valence-electron chi connectivity index (χ2n) is 23.2. The first-order chi connectivity index (χ1) is 44.6. The average Bonchev–Trinajstić information content (AvgIpc) is 3.59. The summed E-state index contributed by atoms with van der Waals surface area (Å²) in [5, 5.41) is 9.71. The van der Waals surface area contributed by atoms with E-state index < -0.39 is 6.10 Å². The highest BCUT2D eigenvalue weighted by atomic mass is 16.6. The van der Waals surface area contributed by atoms with Crippen molar-refractivity contribution in [2.75, 3.05) is 13.2 Å². The number of unbranched alkanes of at least 4 members (excludes halogenated alkanes) is 20. The van der Waals surface area contributed by atoms with E-state index in [4.69, 9.17) is 9.47 Å². The number of aliphatic hydroxyl groups excluding tert-OH is 1. The summed E-state index contributed by atoms with van der Waals surface area (Å²) in [4.78, 5) is 24.7. The molecule has 5 heteroatoms. The number of hydrogen-bond donors (Lipinski definition) is 1. The maximum atomic E-state index is 12.4. The molecule has 0 aliphatic carbocycles. The van der Waals surface area contributed by atoms with E-state index in [1.165, 1.54) is 83.5 Å². The van der Waals surface area contributed by atoms with Crippen molar-refractivity contribution in [3.8, 4) is 0 Å². The Morgan fingerprint density at radius 1 is 0.256 bits per heavy atom. The first-order valence-electron chi connectivity index (χ1n) is 36.3. The predicted octanol–water partition coefficient (Wildman–Crippen LogP) is 25.9. The Balaban J connectivity index is 3.61. The zero-order chi connectivity index (χ0) is 64.7. The molecule has 0 bridgehead atoms. The third kappa shape index (κ3) is 74.7. The molecule has 5 nitrogen and oxygen atoms in total. The molecule has 1 unspecified atom stereocenters. The Bertz CT molecular complexity index is 2130. The molecule has 0 aliphatic heterocycles. The van der Waals surface area contributed by atoms with Crippen LogP contribution in [0.2, 0.25) is 0 Å². The van der Waals surface area contributed by atoms with Gasteiger partial charge in [-0.3, -0.25) is 9.59 Å². The van der Waals surface area contributed by atoms with Gasteiger partial charge in [0.05, 0.1) is 6.61 Å². The van der Waals surface area contributed by atoms with Crippen LogP contribution in [0.25, 0.3) is 0 Å². The molecule has 0 amide bonds. The Kier molecular flexibility index (Phi) is 72.5. The highest BCUT2D eigenvalue weighted by Gasteiger charge is 2.16. The summed E-state index contributed by atoms with van der Waals surface area (Å²) in [6, 6.07) is 0. The lowest BCUT2D eigenvalue weighted by molar-refractivity contribution is -0.161. The monoisotopic (exact) mass is 1230 g/mol. The normalized spacial score (nSPS) is 13.6. The number of rotatable bonds is 64. The van der Waals surface area contributed by atoms with Crippen LogP contribution in [0.1, 0.15) is 284 Å². The van der Waals surface area contributed by atoms with Crippen molar-refractivity contribution in [3.63, 3.8) is 0 Å². The second-order valence-corrected chi connectivity index (χ2v) is 23.2. The number of carbonyl (C=O) groups excluding carboxylic acids is 2. The van der Waals surface area contributed by atoms with Crippen LogP contribution in [0.4, 0.5) is 0 Å². The summed E-state index contributed by atoms with van der Waals surface area (Å²) in [6.45, 7) is 3.89. The Morgan fingerprint density at radius 3 is 0.667 bits per heavy atom. The Labute approximate surface area is 554 Å². The number of hydrogen-bond acceptors (Lipinski definition) is 5. The molecule has 0 spiro atoms. The zero-order valence-electron chi connectivity index (χ0n) is 57.6. The smallest absolute Gasteiger partial charge is 0.306 e. The van der Waals surface area contributed by atoms with Crippen LogP contribution in [0.15, 0.2) is 219 Å². The number of esters is 2. The van der Waals surface area contributed by atoms with E-state index in [0.717, 1.165) is 173 Å². The maximum Gasteiger partial charge on any atom is 0.306 e. The summed E-state index contributed by atoms with van der Waals surface area (Å²) in [5.41, 5.74) is 0. The van der Waals surface area contributed by atoms with Gasteiger partial charge >= 0.3 is 11.9 Å². The van der Waals surface area contributed by atoms with Crippen LogP contribution in [0, 0.1) is 0 Å². The van der Waals surface area contributed by atoms with Crippen molar-refractivity contribution >= 4 is 11.9 Å². The largest absolute Gasteiger partial charge is 0.462 e. The molecule has 0 radical (unpaired) electrons. The minimum Gasteiger partial charge on any atom is -0.462 e. The van der Waals surface area contributed by atoms with E-state index in [2.05, 4.69) is 233 Å². The highest BCUT2D eigenvalue weighted by molar-refractivity contribution is 5.70. The molecule has 0 fully saturated rings. The van der Waals surface area contributed by atoms with Crippen molar-refractivity contribution < 1.29 is 24.2 Å². The first kappa shape index (κ1) is 84.2. The molecule has 0 saturated heterocycles. The molecular formula is C85H132O5. The van der Waals surface area contributed by atoms with Gasteiger partial charge < -0.3 is 14.6 Å². The van der Waals surface area contributed by atoms with Gasteiger partial charge in [0.15, 0.2) is 6.10 Å². The van der Waals surface area contributed by atoms with E-state index in [-0.39, 0.29) is 25.2 Å². The van der Waals surface area contributed by atoms with Crippen molar-refractivity contribution in [2.24, 2.45) is 0 Å². The fourth-order valence-electron chi connectivity index (χ4n) is 9.42. The van der Waals surface area contributed by atoms with Crippen molar-refractivity contribution in [3.05, 3.63) is 219 Å². The van der Waals surface area contributed by atoms with E-state index in [9.17, 15) is 14.7 Å². The van der Waals surface area contributed by atoms with Crippen LogP contribution in [-0.2, 0) is 19.1 Å². The fourth-order valence-corrected chi connectivity index (χ4v) is 9.42. The molecule has 0 aromatic rings. The van der Waals surface area contributed by atoms with Gasteiger partial charge in [0.25, 0.3) is 0 Å². The van der Waals surface area contributed by atoms with Crippen LogP contribution in [0.3, 0.4) is 0 Å². The predicted molar refractivity (Wildman–Crippen MR) is 398 cm³/mol. The standard InChI is InChI=1S/C85H132O5/c1-3-5-7-9-11-13-15-17-19-21-23-25-27-29-31-33-35-37-39-41-42-44-46-48-50-52-54-56-58-60-62-64-66-68-70-72-74-76-78-80-85(88)90-83(81-86)82-89-84(87)79-77-75-73-71-69-67-65-63-61-59-57-55-53-51-49-47-45-43-40-38-36-34-32-30-28-26-24-22-20-18-16-14-12-10-8-6-4-2/h5-8,11-14,17-20,23-26,29-32,35-38,41-43,45-46,48,52,54,58,60,64,66,83,86H,3-4,9-10,15-16,21-22,27-28,33-34,39-40,44,47,49-51,53,55-57,59,61-63,65,67-82H2,1-2H3/b7-5-,8-6-,13-11-,14-12-,19-17-,20-18-,25-23-,26-24-,31-29-,32-30-,37-35-,38-36-,42-41-,45-43-,48-46-,54-52-,60-58-,66-64-. The summed E-state index contributed by atoms with van der Waals surface area (Å²) in [7, 11) is 0. The van der Waals surface area contributed by atoms with Gasteiger partial charge in [-0.1, -0.05) is 335 Å². The van der Waals surface area contributed by atoms with E-state index in [1.807, 2.05) is 0 Å². The molecule has 502 valence electrons. The lowest BCUT2D eigenvalue weighted by atomic mass is 10.0. The molecule has 0 aromatic heterocycles. The van der Waals surface area contributed by atoms with Gasteiger partial charge in [0.2, 0.25) is 0 Å². The van der Waals surface area contributed by atoms with Gasteiger partial charge in [-0.15, -0.1) is 0 Å². The summed E-state index contributed by atoms with van der Waals surface area (Å²) < 4.78 is 10.7. The van der Waals surface area contributed by atoms with Crippen molar-refractivity contribution in [2.45, 2.75) is 290 Å². The van der Waals surface area contributed by atoms with Crippen LogP contribution in [-0.4, -0.2) is 36.4 Å². The third-order valence-electron chi connectivity index (χ3n) is 14.8. The average molecular weight is 1230 g/mol. The SMILES string of the molecule is CC/C=C\C/C=C\C/C=C\C/C=C\C/C=C\C/C=C\C/C=C\C/C=C\C/C=C\C/C=C\C/C=C\CCCCCCCC(=O)OC(CO)COC(=O)CCCCCCCCCCCCCCCCC/C=C\C/C=C\C/C=C\C/C=C\C/C=C\C/C=C\C/C=C\CC. The van der Waals surface area contributed by atoms with Gasteiger partial charge in [-0.2, -0.15) is 0 Å². The van der Waals surface area contributed by atoms with Crippen molar-refractivity contribution in [1.82, 2.24) is 0 Å². The van der Waals surface area contributed by atoms with Crippen LogP contribution >= 0.6 is 0 Å². The summed E-state index contributed by atoms with van der Waals surface area (Å²) in [6.07, 6.45) is 125. The molecular weight excluding hydrogens is 1100 g/mol. The van der Waals surface area contributed by atoms with Crippen LogP contribution in [0.5, 0.6) is 0 Å². The fraction of sp³-hybridized carbons (Fsp3) is 0.553. The second kappa shape index (κ2) is 77.5. The highest BCUT2D eigenvalue weighted by Crippen LogP contribution is 2.16. The Morgan fingerprint density at radius 2 is 0.444 bits per heavy atom. The van der Waals surface area contributed by atoms with E-state index in [1.54, 1.807) is 0 Å². The minimum atomic E-state index is -0.800. The van der Waals surface area contributed by atoms with E-state index in [0.29, 0.717) is 12.8 Å². The molecule has 90 heavy (non-hydrogen) atoms. The molecule has 0 heterocycles. The number of aliphatic hydroxyl groups is 1. The number of ether oxygens (including phenoxy) is 2. The number of allylic oxidation sites excluding steroid dienone is 36. The maximum absolute atomic E-state index is 12.4. The molecule has 1 N–H and O–H groups in total. The summed E-state index contributed by atoms with van der Waals surface area (Å²) >= 11 is 0. The van der Waals surface area contributed by atoms with Crippen molar-refractivity contribution in [1.29, 1.82) is 0 Å². The lowest BCUT2D eigenvalue weighted by Gasteiger charge is -2.15. The van der Waals surface area contributed by atoms with Gasteiger partial charge in [-0.05, 0) is 154 Å². The lowest BCUT2D eigenvalue weighted by Crippen LogP contribution is -2.28. The summed E-state index contributed by atoms with van der Waals surface area (Å²) in [5.74, 6) is -0.623. The van der Waals surface area contributed by atoms with Gasteiger partial charge in [0, 0.05) is 12.8 Å². The molecule has 0 aromatic carbocycles. The molecule has 1 atom stereocenters. The molecule has 0 aliphatic rings. The van der Waals surface area contributed by atoms with Gasteiger partial charge in [0.1, 0.15) is 6.61 Å². The van der Waals surface area contributed by atoms with Gasteiger partial charge in [-0.25, -0.2) is 0 Å². The quantitative estimate of drug-likeness (QED) is 0.0373.